The zero-order valence-electron chi connectivity index (χ0n) is 10.3. The highest BCUT2D eigenvalue weighted by molar-refractivity contribution is 5.43. The van der Waals surface area contributed by atoms with Crippen molar-refractivity contribution in [1.29, 1.82) is 0 Å². The van der Waals surface area contributed by atoms with Crippen molar-refractivity contribution in [2.45, 2.75) is 5.92 Å². The third kappa shape index (κ3) is 2.34. The molecule has 2 aromatic carbocycles. The van der Waals surface area contributed by atoms with Gasteiger partial charge >= 0.3 is 0 Å². The fraction of sp³-hybridized carbons (Fsp3) is 0.200. The first-order chi connectivity index (χ1) is 9.24. The largest absolute Gasteiger partial charge is 0.493 e. The standard InChI is InChI=1S/C15H14FNO2/c16-13-7-11(17)5-6-15(13)19-9-10-8-18-14-4-2-1-3-12(10)14/h1-7,10H,8-9,17H2. The summed E-state index contributed by atoms with van der Waals surface area (Å²) in [6.07, 6.45) is 0. The van der Waals surface area contributed by atoms with Crippen molar-refractivity contribution in [3.8, 4) is 11.5 Å². The lowest BCUT2D eigenvalue weighted by Gasteiger charge is -2.12. The van der Waals surface area contributed by atoms with Gasteiger partial charge in [0.25, 0.3) is 0 Å². The Bertz CT molecular complexity index is 600. The van der Waals surface area contributed by atoms with Crippen LogP contribution in [0, 0.1) is 5.82 Å². The summed E-state index contributed by atoms with van der Waals surface area (Å²) in [6, 6.07) is 12.3. The molecule has 1 unspecified atom stereocenters. The van der Waals surface area contributed by atoms with Crippen molar-refractivity contribution < 1.29 is 13.9 Å². The van der Waals surface area contributed by atoms with Crippen LogP contribution >= 0.6 is 0 Å². The predicted molar refractivity (Wildman–Crippen MR) is 71.0 cm³/mol. The Hall–Kier alpha value is -2.23. The molecule has 0 bridgehead atoms. The second kappa shape index (κ2) is 4.80. The van der Waals surface area contributed by atoms with Crippen LogP contribution in [0.3, 0.4) is 0 Å². The van der Waals surface area contributed by atoms with E-state index in [1.807, 2.05) is 24.3 Å². The molecule has 0 radical (unpaired) electrons. The molecule has 19 heavy (non-hydrogen) atoms. The second-order valence-corrected chi connectivity index (χ2v) is 4.55. The molecular formula is C15H14FNO2. The fourth-order valence-electron chi connectivity index (χ4n) is 2.19. The molecular weight excluding hydrogens is 245 g/mol. The topological polar surface area (TPSA) is 44.5 Å². The van der Waals surface area contributed by atoms with Gasteiger partial charge in [0.2, 0.25) is 0 Å². The van der Waals surface area contributed by atoms with Crippen molar-refractivity contribution in [3.05, 3.63) is 53.8 Å². The minimum absolute atomic E-state index is 0.133. The summed E-state index contributed by atoms with van der Waals surface area (Å²) in [5.41, 5.74) is 6.99. The Kier molecular flexibility index (Phi) is 2.99. The van der Waals surface area contributed by atoms with E-state index < -0.39 is 5.82 Å². The minimum Gasteiger partial charge on any atom is -0.493 e. The average molecular weight is 259 g/mol. The van der Waals surface area contributed by atoms with E-state index in [-0.39, 0.29) is 11.7 Å². The molecule has 0 amide bonds. The summed E-state index contributed by atoms with van der Waals surface area (Å²) >= 11 is 0. The van der Waals surface area contributed by atoms with Crippen LogP contribution in [0.4, 0.5) is 10.1 Å². The maximum atomic E-state index is 13.6. The molecule has 1 heterocycles. The summed E-state index contributed by atoms with van der Waals surface area (Å²) in [5, 5.41) is 0. The van der Waals surface area contributed by atoms with Gasteiger partial charge in [0.15, 0.2) is 11.6 Å². The second-order valence-electron chi connectivity index (χ2n) is 4.55. The van der Waals surface area contributed by atoms with E-state index >= 15 is 0 Å². The van der Waals surface area contributed by atoms with Crippen molar-refractivity contribution >= 4 is 5.69 Å². The normalized spacial score (nSPS) is 16.8. The van der Waals surface area contributed by atoms with E-state index in [1.54, 1.807) is 12.1 Å². The van der Waals surface area contributed by atoms with Gasteiger partial charge in [0.05, 0.1) is 19.1 Å². The summed E-state index contributed by atoms with van der Waals surface area (Å²) in [6.45, 7) is 0.952. The first-order valence-electron chi connectivity index (χ1n) is 6.13. The predicted octanol–water partition coefficient (Wildman–Crippen LogP) is 2.96. The van der Waals surface area contributed by atoms with Gasteiger partial charge in [-0.25, -0.2) is 4.39 Å². The van der Waals surface area contributed by atoms with E-state index in [0.717, 1.165) is 11.3 Å². The monoisotopic (exact) mass is 259 g/mol. The molecule has 4 heteroatoms. The van der Waals surface area contributed by atoms with Gasteiger partial charge in [-0.3, -0.25) is 0 Å². The minimum atomic E-state index is -0.438. The van der Waals surface area contributed by atoms with Gasteiger partial charge in [0.1, 0.15) is 5.75 Å². The van der Waals surface area contributed by atoms with Gasteiger partial charge in [-0.05, 0) is 18.2 Å². The molecule has 98 valence electrons. The van der Waals surface area contributed by atoms with Gasteiger partial charge in [-0.15, -0.1) is 0 Å². The van der Waals surface area contributed by atoms with Gasteiger partial charge in [-0.2, -0.15) is 0 Å². The van der Waals surface area contributed by atoms with E-state index in [4.69, 9.17) is 15.2 Å². The number of nitrogen functional groups attached to an aromatic ring is 1. The van der Waals surface area contributed by atoms with Crippen LogP contribution < -0.4 is 15.2 Å². The number of para-hydroxylation sites is 1. The number of anilines is 1. The number of fused-ring (bicyclic) bond motifs is 1. The van der Waals surface area contributed by atoms with Gasteiger partial charge in [-0.1, -0.05) is 18.2 Å². The number of ether oxygens (including phenoxy) is 2. The van der Waals surface area contributed by atoms with Gasteiger partial charge < -0.3 is 15.2 Å². The number of hydrogen-bond acceptors (Lipinski definition) is 3. The van der Waals surface area contributed by atoms with E-state index in [0.29, 0.717) is 18.9 Å². The van der Waals surface area contributed by atoms with Crippen molar-refractivity contribution in [1.82, 2.24) is 0 Å². The Morgan fingerprint density at radius 2 is 2.11 bits per heavy atom. The van der Waals surface area contributed by atoms with Crippen molar-refractivity contribution in [2.75, 3.05) is 18.9 Å². The number of benzene rings is 2. The smallest absolute Gasteiger partial charge is 0.167 e. The van der Waals surface area contributed by atoms with Crippen LogP contribution in [0.15, 0.2) is 42.5 Å². The lowest BCUT2D eigenvalue weighted by atomic mass is 10.0. The molecule has 0 aromatic heterocycles. The van der Waals surface area contributed by atoms with Gasteiger partial charge in [0, 0.05) is 17.3 Å². The summed E-state index contributed by atoms with van der Waals surface area (Å²) < 4.78 is 24.7. The highest BCUT2D eigenvalue weighted by atomic mass is 19.1. The highest BCUT2D eigenvalue weighted by Crippen LogP contribution is 2.34. The van der Waals surface area contributed by atoms with Crippen LogP contribution in [0.2, 0.25) is 0 Å². The molecule has 3 nitrogen and oxygen atoms in total. The zero-order valence-corrected chi connectivity index (χ0v) is 10.3. The number of hydrogen-bond donors (Lipinski definition) is 1. The van der Waals surface area contributed by atoms with E-state index in [2.05, 4.69) is 0 Å². The Morgan fingerprint density at radius 3 is 2.95 bits per heavy atom. The average Bonchev–Trinajstić information content (AvgIpc) is 2.81. The summed E-state index contributed by atoms with van der Waals surface area (Å²) in [5.74, 6) is 0.799. The van der Waals surface area contributed by atoms with Crippen LogP contribution in [0.1, 0.15) is 11.5 Å². The molecule has 0 spiro atoms. The molecule has 1 aliphatic heterocycles. The first kappa shape index (κ1) is 11.8. The van der Waals surface area contributed by atoms with Crippen LogP contribution in [-0.4, -0.2) is 13.2 Å². The highest BCUT2D eigenvalue weighted by Gasteiger charge is 2.24. The number of halogens is 1. The van der Waals surface area contributed by atoms with Crippen LogP contribution in [0.5, 0.6) is 11.5 Å². The Labute approximate surface area is 110 Å². The lowest BCUT2D eigenvalue weighted by molar-refractivity contribution is 0.241. The zero-order chi connectivity index (χ0) is 13.2. The fourth-order valence-corrected chi connectivity index (χ4v) is 2.19. The first-order valence-corrected chi connectivity index (χ1v) is 6.13. The van der Waals surface area contributed by atoms with Crippen molar-refractivity contribution in [2.24, 2.45) is 0 Å². The SMILES string of the molecule is Nc1ccc(OCC2COc3ccccc32)c(F)c1. The lowest BCUT2D eigenvalue weighted by Crippen LogP contribution is -2.12. The Morgan fingerprint density at radius 1 is 1.26 bits per heavy atom. The molecule has 3 rings (SSSR count). The summed E-state index contributed by atoms with van der Waals surface area (Å²) in [4.78, 5) is 0. The van der Waals surface area contributed by atoms with Crippen LogP contribution in [-0.2, 0) is 0 Å². The Balaban J connectivity index is 1.71. The van der Waals surface area contributed by atoms with E-state index in [9.17, 15) is 4.39 Å². The summed E-state index contributed by atoms with van der Waals surface area (Å²) in [7, 11) is 0. The third-order valence-corrected chi connectivity index (χ3v) is 3.19. The quantitative estimate of drug-likeness (QED) is 0.862. The molecule has 2 aromatic rings. The molecule has 0 fully saturated rings. The third-order valence-electron chi connectivity index (χ3n) is 3.19. The molecule has 0 saturated carbocycles. The molecule has 1 atom stereocenters. The molecule has 0 aliphatic carbocycles. The molecule has 2 N–H and O–H groups in total. The van der Waals surface area contributed by atoms with E-state index in [1.165, 1.54) is 6.07 Å². The maximum absolute atomic E-state index is 13.6. The molecule has 1 aliphatic rings. The maximum Gasteiger partial charge on any atom is 0.167 e. The van der Waals surface area contributed by atoms with Crippen molar-refractivity contribution in [3.63, 3.8) is 0 Å². The van der Waals surface area contributed by atoms with Crippen LogP contribution in [0.25, 0.3) is 0 Å². The number of rotatable bonds is 3. The number of nitrogens with two attached hydrogens (primary N) is 1. The molecule has 0 saturated heterocycles.